The van der Waals surface area contributed by atoms with E-state index in [1.807, 2.05) is 12.1 Å². The zero-order valence-electron chi connectivity index (χ0n) is 31.2. The third kappa shape index (κ3) is 9.16. The normalized spacial score (nSPS) is 17.2. The molecule has 7 rings (SSSR count). The van der Waals surface area contributed by atoms with Crippen molar-refractivity contribution in [2.45, 2.75) is 72.1 Å². The first-order valence-corrected chi connectivity index (χ1v) is 19.5. The molecule has 9 heteroatoms. The monoisotopic (exact) mass is 734 g/mol. The Balaban J connectivity index is 1.01. The van der Waals surface area contributed by atoms with E-state index in [9.17, 15) is 5.26 Å². The molecule has 0 aliphatic carbocycles. The second-order valence-electron chi connectivity index (χ2n) is 15.0. The number of halogens is 1. The molecular formula is C44H51ClN4O4. The van der Waals surface area contributed by atoms with Gasteiger partial charge in [0.1, 0.15) is 36.5 Å². The van der Waals surface area contributed by atoms with E-state index in [0.717, 1.165) is 96.3 Å². The average Bonchev–Trinajstić information content (AvgIpc) is 3.17. The van der Waals surface area contributed by atoms with Crippen LogP contribution >= 0.6 is 11.6 Å². The summed E-state index contributed by atoms with van der Waals surface area (Å²) < 4.78 is 24.8. The van der Waals surface area contributed by atoms with Crippen LogP contribution in [-0.2, 0) is 24.5 Å². The topological polar surface area (TPSA) is 80.1 Å². The number of nitriles is 1. The number of nitrogens with zero attached hydrogens (tertiary/aromatic N) is 4. The van der Waals surface area contributed by atoms with E-state index < -0.39 is 0 Å². The van der Waals surface area contributed by atoms with Crippen molar-refractivity contribution in [1.29, 1.82) is 5.26 Å². The van der Waals surface area contributed by atoms with Gasteiger partial charge in [-0.3, -0.25) is 9.88 Å². The van der Waals surface area contributed by atoms with Crippen molar-refractivity contribution in [3.8, 4) is 34.4 Å². The summed E-state index contributed by atoms with van der Waals surface area (Å²) in [5, 5.41) is 9.90. The lowest BCUT2D eigenvalue weighted by atomic mass is 9.73. The zero-order chi connectivity index (χ0) is 36.6. The van der Waals surface area contributed by atoms with Crippen molar-refractivity contribution >= 4 is 11.6 Å². The molecule has 0 amide bonds. The Morgan fingerprint density at radius 1 is 0.811 bits per heavy atom. The van der Waals surface area contributed by atoms with E-state index in [2.05, 4.69) is 71.1 Å². The summed E-state index contributed by atoms with van der Waals surface area (Å²) in [5.41, 5.74) is 8.58. The molecule has 1 aromatic heterocycles. The van der Waals surface area contributed by atoms with Crippen LogP contribution in [0.4, 0.5) is 0 Å². The quantitative estimate of drug-likeness (QED) is 0.119. The third-order valence-electron chi connectivity index (χ3n) is 11.2. The lowest BCUT2D eigenvalue weighted by Crippen LogP contribution is -2.58. The molecule has 4 heterocycles. The van der Waals surface area contributed by atoms with Crippen LogP contribution < -0.4 is 14.2 Å². The summed E-state index contributed by atoms with van der Waals surface area (Å²) >= 11 is 6.90. The Kier molecular flexibility index (Phi) is 12.2. The van der Waals surface area contributed by atoms with Crippen LogP contribution in [0.15, 0.2) is 67.0 Å². The maximum Gasteiger partial charge on any atom is 0.142 e. The molecule has 3 fully saturated rings. The van der Waals surface area contributed by atoms with Gasteiger partial charge in [0.25, 0.3) is 0 Å². The van der Waals surface area contributed by atoms with Gasteiger partial charge in [0.05, 0.1) is 17.2 Å². The van der Waals surface area contributed by atoms with Crippen LogP contribution in [0.3, 0.4) is 0 Å². The molecule has 4 aromatic rings. The first kappa shape index (κ1) is 37.2. The SMILES string of the molecule is Cc1c(COc2cc(OCc3cncc(C#N)c3)c(CN3CCCCC3)cc2Cl)cccc1-c1cccc(OCCCN2CC3(CCOCC3)C2)c1C. The highest BCUT2D eigenvalue weighted by atomic mass is 35.5. The van der Waals surface area contributed by atoms with Gasteiger partial charge in [-0.2, -0.15) is 5.26 Å². The number of hydrogen-bond acceptors (Lipinski definition) is 8. The van der Waals surface area contributed by atoms with Gasteiger partial charge in [0.2, 0.25) is 0 Å². The fraction of sp³-hybridized carbons (Fsp3) is 0.455. The highest BCUT2D eigenvalue weighted by Crippen LogP contribution is 2.40. The second-order valence-corrected chi connectivity index (χ2v) is 15.4. The van der Waals surface area contributed by atoms with Gasteiger partial charge in [-0.25, -0.2) is 0 Å². The standard InChI is InChI=1S/C44H51ClN4O4/c1-32-36(9-6-10-38(32)39-11-7-12-41(33(39)2)51-18-8-17-49-30-44(31-49)13-19-50-20-14-44)29-53-43-23-42(52-28-35-21-34(24-46)25-47-26-35)37(22-40(43)45)27-48-15-4-3-5-16-48/h6-7,9-12,21-23,25-26H,3-5,8,13-20,27-31H2,1-2H3. The molecule has 0 bridgehead atoms. The van der Waals surface area contributed by atoms with Gasteiger partial charge in [0, 0.05) is 74.4 Å². The van der Waals surface area contributed by atoms with E-state index in [4.69, 9.17) is 30.5 Å². The number of pyridine rings is 1. The van der Waals surface area contributed by atoms with E-state index in [1.54, 1.807) is 18.5 Å². The van der Waals surface area contributed by atoms with Crippen LogP contribution in [0.1, 0.15) is 71.9 Å². The minimum absolute atomic E-state index is 0.287. The highest BCUT2D eigenvalue weighted by Gasteiger charge is 2.43. The second kappa shape index (κ2) is 17.3. The minimum atomic E-state index is 0.287. The molecule has 3 aromatic carbocycles. The molecule has 0 radical (unpaired) electrons. The van der Waals surface area contributed by atoms with Gasteiger partial charge in [0.15, 0.2) is 0 Å². The summed E-state index contributed by atoms with van der Waals surface area (Å²) in [6, 6.07) is 20.6. The van der Waals surface area contributed by atoms with Crippen molar-refractivity contribution in [3.05, 3.63) is 105 Å². The van der Waals surface area contributed by atoms with Gasteiger partial charge in [-0.05, 0) is 105 Å². The predicted octanol–water partition coefficient (Wildman–Crippen LogP) is 8.92. The zero-order valence-corrected chi connectivity index (χ0v) is 31.9. The molecule has 0 atom stereocenters. The number of benzene rings is 3. The summed E-state index contributed by atoms with van der Waals surface area (Å²) in [5.74, 6) is 2.24. The number of likely N-dealkylation sites (tertiary alicyclic amines) is 2. The van der Waals surface area contributed by atoms with Crippen LogP contribution in [0.25, 0.3) is 11.1 Å². The molecule has 3 aliphatic heterocycles. The minimum Gasteiger partial charge on any atom is -0.493 e. The fourth-order valence-corrected chi connectivity index (χ4v) is 8.33. The van der Waals surface area contributed by atoms with E-state index in [0.29, 0.717) is 35.0 Å². The number of ether oxygens (including phenoxy) is 4. The molecule has 3 aliphatic rings. The van der Waals surface area contributed by atoms with Crippen LogP contribution in [0.2, 0.25) is 5.02 Å². The van der Waals surface area contributed by atoms with Crippen LogP contribution in [-0.4, -0.2) is 67.3 Å². The van der Waals surface area contributed by atoms with Crippen molar-refractivity contribution in [2.75, 3.05) is 52.5 Å². The Morgan fingerprint density at radius 3 is 2.36 bits per heavy atom. The molecule has 3 saturated heterocycles. The molecule has 0 saturated carbocycles. The van der Waals surface area contributed by atoms with E-state index in [1.165, 1.54) is 45.2 Å². The summed E-state index contributed by atoms with van der Waals surface area (Å²) in [6.45, 7) is 13.8. The number of aromatic nitrogens is 1. The lowest BCUT2D eigenvalue weighted by molar-refractivity contribution is -0.0811. The van der Waals surface area contributed by atoms with Crippen molar-refractivity contribution in [1.82, 2.24) is 14.8 Å². The van der Waals surface area contributed by atoms with Crippen molar-refractivity contribution in [2.24, 2.45) is 5.41 Å². The maximum atomic E-state index is 9.34. The maximum absolute atomic E-state index is 9.34. The Hall–Kier alpha value is -4.13. The molecule has 278 valence electrons. The average molecular weight is 735 g/mol. The Bertz CT molecular complexity index is 1910. The summed E-state index contributed by atoms with van der Waals surface area (Å²) in [4.78, 5) is 9.21. The first-order valence-electron chi connectivity index (χ1n) is 19.2. The van der Waals surface area contributed by atoms with Gasteiger partial charge >= 0.3 is 0 Å². The van der Waals surface area contributed by atoms with E-state index in [-0.39, 0.29) is 6.61 Å². The largest absolute Gasteiger partial charge is 0.493 e. The lowest BCUT2D eigenvalue weighted by Gasteiger charge is -2.52. The molecule has 1 spiro atoms. The van der Waals surface area contributed by atoms with Crippen molar-refractivity contribution in [3.63, 3.8) is 0 Å². The summed E-state index contributed by atoms with van der Waals surface area (Å²) in [7, 11) is 0. The molecule has 53 heavy (non-hydrogen) atoms. The number of rotatable bonds is 14. The van der Waals surface area contributed by atoms with Gasteiger partial charge in [-0.1, -0.05) is 48.4 Å². The molecule has 8 nitrogen and oxygen atoms in total. The first-order chi connectivity index (χ1) is 25.9. The molecular weight excluding hydrogens is 684 g/mol. The number of piperidine rings is 1. The van der Waals surface area contributed by atoms with Crippen molar-refractivity contribution < 1.29 is 18.9 Å². The van der Waals surface area contributed by atoms with Crippen LogP contribution in [0, 0.1) is 30.6 Å². The number of hydrogen-bond donors (Lipinski definition) is 0. The Labute approximate surface area is 319 Å². The molecule has 0 N–H and O–H groups in total. The predicted molar refractivity (Wildman–Crippen MR) is 209 cm³/mol. The highest BCUT2D eigenvalue weighted by molar-refractivity contribution is 6.32. The van der Waals surface area contributed by atoms with E-state index >= 15 is 0 Å². The third-order valence-corrected chi connectivity index (χ3v) is 11.5. The molecule has 0 unspecified atom stereocenters. The Morgan fingerprint density at radius 2 is 1.57 bits per heavy atom. The van der Waals surface area contributed by atoms with Gasteiger partial charge < -0.3 is 23.8 Å². The van der Waals surface area contributed by atoms with Gasteiger partial charge in [-0.15, -0.1) is 0 Å². The summed E-state index contributed by atoms with van der Waals surface area (Å²) in [6.07, 6.45) is 10.4. The van der Waals surface area contributed by atoms with Crippen LogP contribution in [0.5, 0.6) is 17.2 Å². The smallest absolute Gasteiger partial charge is 0.142 e. The fourth-order valence-electron chi connectivity index (χ4n) is 8.09.